The van der Waals surface area contributed by atoms with E-state index in [0.717, 1.165) is 12.8 Å². The first kappa shape index (κ1) is 11.8. The van der Waals surface area contributed by atoms with Crippen LogP contribution in [-0.2, 0) is 11.3 Å². The van der Waals surface area contributed by atoms with Crippen LogP contribution in [0, 0.1) is 11.7 Å². The summed E-state index contributed by atoms with van der Waals surface area (Å²) in [4.78, 5) is 11.6. The van der Waals surface area contributed by atoms with Crippen LogP contribution < -0.4 is 5.32 Å². The minimum atomic E-state index is -0.270. The molecule has 0 aromatic heterocycles. The summed E-state index contributed by atoms with van der Waals surface area (Å²) in [7, 11) is 0. The molecule has 1 aromatic rings. The van der Waals surface area contributed by atoms with Crippen LogP contribution in [0.15, 0.2) is 36.4 Å². The van der Waals surface area contributed by atoms with Gasteiger partial charge in [-0.3, -0.25) is 4.79 Å². The van der Waals surface area contributed by atoms with E-state index in [0.29, 0.717) is 17.9 Å². The number of benzene rings is 1. The van der Waals surface area contributed by atoms with E-state index in [1.54, 1.807) is 18.2 Å². The smallest absolute Gasteiger partial charge is 0.220 e. The lowest BCUT2D eigenvalue weighted by atomic mass is 10.1. The van der Waals surface area contributed by atoms with Gasteiger partial charge in [0.2, 0.25) is 5.91 Å². The molecule has 3 heteroatoms. The largest absolute Gasteiger partial charge is 0.352 e. The third-order valence-electron chi connectivity index (χ3n) is 2.99. The van der Waals surface area contributed by atoms with Crippen LogP contribution in [-0.4, -0.2) is 5.91 Å². The molecular weight excluding hydrogens is 217 g/mol. The van der Waals surface area contributed by atoms with E-state index in [4.69, 9.17) is 0 Å². The maximum absolute atomic E-state index is 13.3. The van der Waals surface area contributed by atoms with E-state index in [1.165, 1.54) is 6.07 Å². The van der Waals surface area contributed by atoms with Gasteiger partial charge in [-0.1, -0.05) is 30.4 Å². The number of allylic oxidation sites excluding steroid dienone is 2. The fourth-order valence-electron chi connectivity index (χ4n) is 2.01. The van der Waals surface area contributed by atoms with Crippen LogP contribution in [0.1, 0.15) is 24.8 Å². The Morgan fingerprint density at radius 2 is 2.24 bits per heavy atom. The first-order valence-electron chi connectivity index (χ1n) is 5.92. The molecule has 0 heterocycles. The average molecular weight is 233 g/mol. The predicted octanol–water partition coefficient (Wildman–Crippen LogP) is 2.80. The number of carbonyl (C=O) groups is 1. The summed E-state index contributed by atoms with van der Waals surface area (Å²) in [5, 5.41) is 2.75. The highest BCUT2D eigenvalue weighted by atomic mass is 19.1. The fourth-order valence-corrected chi connectivity index (χ4v) is 2.01. The second-order valence-electron chi connectivity index (χ2n) is 4.34. The summed E-state index contributed by atoms with van der Waals surface area (Å²) in [6, 6.07) is 6.50. The van der Waals surface area contributed by atoms with Crippen LogP contribution in [0.25, 0.3) is 0 Å². The molecule has 0 spiro atoms. The Hall–Kier alpha value is -1.64. The molecule has 0 aliphatic heterocycles. The Kier molecular flexibility index (Phi) is 3.91. The van der Waals surface area contributed by atoms with E-state index >= 15 is 0 Å². The monoisotopic (exact) mass is 233 g/mol. The van der Waals surface area contributed by atoms with Gasteiger partial charge in [0.05, 0.1) is 0 Å². The Morgan fingerprint density at radius 1 is 1.41 bits per heavy atom. The molecule has 1 N–H and O–H groups in total. The number of hydrogen-bond acceptors (Lipinski definition) is 1. The highest BCUT2D eigenvalue weighted by molar-refractivity contribution is 5.76. The Morgan fingerprint density at radius 3 is 2.94 bits per heavy atom. The molecule has 0 saturated carbocycles. The quantitative estimate of drug-likeness (QED) is 0.796. The molecule has 1 unspecified atom stereocenters. The van der Waals surface area contributed by atoms with E-state index in [2.05, 4.69) is 17.5 Å². The van der Waals surface area contributed by atoms with Gasteiger partial charge >= 0.3 is 0 Å². The van der Waals surface area contributed by atoms with Gasteiger partial charge in [-0.2, -0.15) is 0 Å². The van der Waals surface area contributed by atoms with Gasteiger partial charge in [0.15, 0.2) is 0 Å². The van der Waals surface area contributed by atoms with E-state index in [1.807, 2.05) is 0 Å². The zero-order valence-corrected chi connectivity index (χ0v) is 9.66. The maximum Gasteiger partial charge on any atom is 0.220 e. The minimum Gasteiger partial charge on any atom is -0.352 e. The third kappa shape index (κ3) is 3.41. The SMILES string of the molecule is O=C(CC1C=CCC1)NCc1ccccc1F. The van der Waals surface area contributed by atoms with Crippen LogP contribution in [0.4, 0.5) is 4.39 Å². The van der Waals surface area contributed by atoms with Crippen LogP contribution >= 0.6 is 0 Å². The zero-order valence-electron chi connectivity index (χ0n) is 9.66. The van der Waals surface area contributed by atoms with Crippen molar-refractivity contribution >= 4 is 5.91 Å². The average Bonchev–Trinajstić information content (AvgIpc) is 2.81. The van der Waals surface area contributed by atoms with Gasteiger partial charge in [-0.05, 0) is 24.8 Å². The lowest BCUT2D eigenvalue weighted by Gasteiger charge is -2.09. The molecule has 0 bridgehead atoms. The molecule has 1 atom stereocenters. The number of hydrogen-bond donors (Lipinski definition) is 1. The Labute approximate surface area is 101 Å². The van der Waals surface area contributed by atoms with Crippen molar-refractivity contribution in [2.24, 2.45) is 5.92 Å². The van der Waals surface area contributed by atoms with Crippen molar-refractivity contribution in [3.05, 3.63) is 47.8 Å². The standard InChI is InChI=1S/C14H16FNO/c15-13-8-4-3-7-12(13)10-16-14(17)9-11-5-1-2-6-11/h1,3-5,7-8,11H,2,6,9-10H2,(H,16,17). The summed E-state index contributed by atoms with van der Waals surface area (Å²) < 4.78 is 13.3. The summed E-state index contributed by atoms with van der Waals surface area (Å²) in [5.41, 5.74) is 0.530. The van der Waals surface area contributed by atoms with Crippen molar-refractivity contribution in [3.63, 3.8) is 0 Å². The topological polar surface area (TPSA) is 29.1 Å². The van der Waals surface area contributed by atoms with Gasteiger partial charge < -0.3 is 5.32 Å². The number of amides is 1. The molecule has 2 nitrogen and oxygen atoms in total. The van der Waals surface area contributed by atoms with E-state index < -0.39 is 0 Å². The van der Waals surface area contributed by atoms with Crippen LogP contribution in [0.2, 0.25) is 0 Å². The molecule has 1 aliphatic rings. The molecule has 0 radical (unpaired) electrons. The lowest BCUT2D eigenvalue weighted by molar-refractivity contribution is -0.121. The lowest BCUT2D eigenvalue weighted by Crippen LogP contribution is -2.24. The second-order valence-corrected chi connectivity index (χ2v) is 4.34. The first-order valence-corrected chi connectivity index (χ1v) is 5.92. The van der Waals surface area contributed by atoms with Crippen molar-refractivity contribution in [1.82, 2.24) is 5.32 Å². The minimum absolute atomic E-state index is 0.00944. The summed E-state index contributed by atoms with van der Waals surface area (Å²) in [6.45, 7) is 0.266. The second kappa shape index (κ2) is 5.62. The van der Waals surface area contributed by atoms with E-state index in [9.17, 15) is 9.18 Å². The number of carbonyl (C=O) groups excluding carboxylic acids is 1. The van der Waals surface area contributed by atoms with Crippen molar-refractivity contribution in [1.29, 1.82) is 0 Å². The number of nitrogens with one attached hydrogen (secondary N) is 1. The number of rotatable bonds is 4. The molecular formula is C14H16FNO. The van der Waals surface area contributed by atoms with Gasteiger partial charge in [0.1, 0.15) is 5.82 Å². The summed E-state index contributed by atoms with van der Waals surface area (Å²) in [5.74, 6) is 0.0778. The molecule has 1 amide bonds. The highest BCUT2D eigenvalue weighted by Crippen LogP contribution is 2.20. The van der Waals surface area contributed by atoms with Crippen molar-refractivity contribution in [2.45, 2.75) is 25.8 Å². The molecule has 17 heavy (non-hydrogen) atoms. The Balaban J connectivity index is 1.80. The van der Waals surface area contributed by atoms with Crippen molar-refractivity contribution in [3.8, 4) is 0 Å². The van der Waals surface area contributed by atoms with Gasteiger partial charge in [-0.25, -0.2) is 4.39 Å². The molecule has 2 rings (SSSR count). The van der Waals surface area contributed by atoms with Gasteiger partial charge in [0, 0.05) is 18.5 Å². The molecule has 0 fully saturated rings. The third-order valence-corrected chi connectivity index (χ3v) is 2.99. The summed E-state index contributed by atoms with van der Waals surface area (Å²) in [6.07, 6.45) is 6.81. The normalized spacial score (nSPS) is 18.3. The van der Waals surface area contributed by atoms with Crippen molar-refractivity contribution in [2.75, 3.05) is 0 Å². The summed E-state index contributed by atoms with van der Waals surface area (Å²) >= 11 is 0. The number of halogens is 1. The highest BCUT2D eigenvalue weighted by Gasteiger charge is 2.13. The fraction of sp³-hybridized carbons (Fsp3) is 0.357. The van der Waals surface area contributed by atoms with Gasteiger partial charge in [0.25, 0.3) is 0 Å². The van der Waals surface area contributed by atoms with E-state index in [-0.39, 0.29) is 18.3 Å². The van der Waals surface area contributed by atoms with Crippen LogP contribution in [0.5, 0.6) is 0 Å². The van der Waals surface area contributed by atoms with Crippen molar-refractivity contribution < 1.29 is 9.18 Å². The first-order chi connectivity index (χ1) is 8.25. The molecule has 1 aromatic carbocycles. The molecule has 0 saturated heterocycles. The zero-order chi connectivity index (χ0) is 12.1. The van der Waals surface area contributed by atoms with Crippen LogP contribution in [0.3, 0.4) is 0 Å². The Bertz CT molecular complexity index is 428. The van der Waals surface area contributed by atoms with Gasteiger partial charge in [-0.15, -0.1) is 0 Å². The molecule has 90 valence electrons. The molecule has 1 aliphatic carbocycles. The maximum atomic E-state index is 13.3. The predicted molar refractivity (Wildman–Crippen MR) is 64.7 cm³/mol.